The first kappa shape index (κ1) is 23.5. The predicted octanol–water partition coefficient (Wildman–Crippen LogP) is 4.36. The maximum atomic E-state index is 12.5. The molecule has 36 heavy (non-hydrogen) atoms. The van der Waals surface area contributed by atoms with E-state index < -0.39 is 0 Å². The molecule has 4 heterocycles. The van der Waals surface area contributed by atoms with Gasteiger partial charge in [-0.15, -0.1) is 11.3 Å². The number of H-pyrrole nitrogens is 1. The van der Waals surface area contributed by atoms with Crippen molar-refractivity contribution in [2.45, 2.75) is 25.8 Å². The number of nitrogens with one attached hydrogen (secondary N) is 3. The molecule has 0 radical (unpaired) electrons. The number of carbonyl (C=O) groups is 2. The number of benzene rings is 1. The fourth-order valence-corrected chi connectivity index (χ4v) is 4.77. The maximum absolute atomic E-state index is 12.5. The van der Waals surface area contributed by atoms with Gasteiger partial charge in [0.15, 0.2) is 16.6 Å². The Labute approximate surface area is 211 Å². The Morgan fingerprint density at radius 1 is 1.25 bits per heavy atom. The number of likely N-dealkylation sites (tertiary alicyclic amines) is 1. The minimum absolute atomic E-state index is 0.0432. The van der Waals surface area contributed by atoms with Crippen molar-refractivity contribution in [2.24, 2.45) is 0 Å². The number of hydrogen-bond donors (Lipinski definition) is 3. The molecule has 1 fully saturated rings. The first-order chi connectivity index (χ1) is 17.5. The van der Waals surface area contributed by atoms with E-state index >= 15 is 0 Å². The van der Waals surface area contributed by atoms with Crippen LogP contribution in [0.25, 0.3) is 11.0 Å². The zero-order valence-corrected chi connectivity index (χ0v) is 20.5. The normalized spacial score (nSPS) is 15.5. The molecule has 0 unspecified atom stereocenters. The van der Waals surface area contributed by atoms with Gasteiger partial charge in [0.1, 0.15) is 16.9 Å². The average Bonchev–Trinajstić information content (AvgIpc) is 3.50. The van der Waals surface area contributed by atoms with Gasteiger partial charge in [-0.1, -0.05) is 6.58 Å². The number of amides is 2. The predicted molar refractivity (Wildman–Crippen MR) is 139 cm³/mol. The van der Waals surface area contributed by atoms with E-state index in [4.69, 9.17) is 4.74 Å². The van der Waals surface area contributed by atoms with Gasteiger partial charge in [0, 0.05) is 48.0 Å². The van der Waals surface area contributed by atoms with Crippen molar-refractivity contribution in [2.75, 3.05) is 23.7 Å². The molecule has 0 spiro atoms. The van der Waals surface area contributed by atoms with E-state index in [-0.39, 0.29) is 17.9 Å². The number of aromatic amines is 1. The first-order valence-corrected chi connectivity index (χ1v) is 12.3. The summed E-state index contributed by atoms with van der Waals surface area (Å²) < 4.78 is 6.15. The van der Waals surface area contributed by atoms with Crippen LogP contribution in [0.15, 0.2) is 55.4 Å². The van der Waals surface area contributed by atoms with E-state index in [1.165, 1.54) is 17.4 Å². The van der Waals surface area contributed by atoms with Crippen LogP contribution < -0.4 is 15.4 Å². The third-order valence-electron chi connectivity index (χ3n) is 5.86. The summed E-state index contributed by atoms with van der Waals surface area (Å²) >= 11 is 1.42. The Hall–Kier alpha value is -4.25. The van der Waals surface area contributed by atoms with Crippen molar-refractivity contribution >= 4 is 45.1 Å². The maximum Gasteiger partial charge on any atom is 0.257 e. The highest BCUT2D eigenvalue weighted by Crippen LogP contribution is 2.33. The Balaban J connectivity index is 1.31. The lowest BCUT2D eigenvalue weighted by molar-refractivity contribution is -0.127. The lowest BCUT2D eigenvalue weighted by Gasteiger charge is -2.32. The molecule has 1 atom stereocenters. The van der Waals surface area contributed by atoms with Crippen LogP contribution in [0.3, 0.4) is 0 Å². The zero-order chi connectivity index (χ0) is 25.1. The second-order valence-electron chi connectivity index (χ2n) is 8.43. The van der Waals surface area contributed by atoms with Gasteiger partial charge in [-0.3, -0.25) is 20.0 Å². The van der Waals surface area contributed by atoms with Crippen LogP contribution in [-0.2, 0) is 4.79 Å². The molecule has 2 amide bonds. The molecular formula is C25H25N7O3S. The number of anilines is 2. The summed E-state index contributed by atoms with van der Waals surface area (Å²) in [5, 5.41) is 14.9. The van der Waals surface area contributed by atoms with E-state index in [1.807, 2.05) is 6.92 Å². The molecule has 1 aliphatic rings. The Bertz CT molecular complexity index is 1410. The highest BCUT2D eigenvalue weighted by atomic mass is 32.1. The minimum Gasteiger partial charge on any atom is -0.456 e. The lowest BCUT2D eigenvalue weighted by Crippen LogP contribution is -2.44. The van der Waals surface area contributed by atoms with E-state index in [2.05, 4.69) is 37.4 Å². The summed E-state index contributed by atoms with van der Waals surface area (Å²) in [6.07, 6.45) is 6.51. The SMILES string of the molecule is C=CC(=O)N1CCC[C@@H](Nc2n[nH]c3nccc(Oc4ccc(C(=O)Nc5ncc(C)s5)cc4)c23)C1. The third-order valence-corrected chi connectivity index (χ3v) is 6.69. The smallest absolute Gasteiger partial charge is 0.257 e. The van der Waals surface area contributed by atoms with Crippen molar-refractivity contribution in [1.29, 1.82) is 0 Å². The monoisotopic (exact) mass is 503 g/mol. The third kappa shape index (κ3) is 5.05. The first-order valence-electron chi connectivity index (χ1n) is 11.5. The van der Waals surface area contributed by atoms with E-state index in [0.29, 0.717) is 45.6 Å². The largest absolute Gasteiger partial charge is 0.456 e. The average molecular weight is 504 g/mol. The van der Waals surface area contributed by atoms with Crippen molar-refractivity contribution < 1.29 is 14.3 Å². The van der Waals surface area contributed by atoms with Gasteiger partial charge in [0.25, 0.3) is 5.91 Å². The number of thiazole rings is 1. The number of ether oxygens (including phenoxy) is 1. The molecule has 10 nitrogen and oxygen atoms in total. The topological polar surface area (TPSA) is 125 Å². The number of piperidine rings is 1. The summed E-state index contributed by atoms with van der Waals surface area (Å²) in [6.45, 7) is 6.81. The van der Waals surface area contributed by atoms with Gasteiger partial charge < -0.3 is 15.0 Å². The molecule has 4 aromatic rings. The van der Waals surface area contributed by atoms with Crippen LogP contribution in [0.5, 0.6) is 11.5 Å². The van der Waals surface area contributed by atoms with Crippen LogP contribution in [0, 0.1) is 6.92 Å². The highest BCUT2D eigenvalue weighted by Gasteiger charge is 2.24. The molecule has 5 rings (SSSR count). The summed E-state index contributed by atoms with van der Waals surface area (Å²) in [4.78, 5) is 35.9. The summed E-state index contributed by atoms with van der Waals surface area (Å²) in [6, 6.07) is 8.68. The molecule has 0 bridgehead atoms. The molecule has 1 aromatic carbocycles. The standard InChI is InChI=1S/C25H25N7O3S/c1-3-20(33)32-12-4-5-17(14-32)28-23-21-19(10-11-26-22(21)30-31-23)35-18-8-6-16(7-9-18)24(34)29-25-27-13-15(2)36-25/h3,6-11,13,17H,1,4-5,12,14H2,2H3,(H,27,29,34)(H2,26,28,30,31)/t17-/m1/s1. The molecule has 0 saturated carbocycles. The van der Waals surface area contributed by atoms with Gasteiger partial charge in [-0.25, -0.2) is 9.97 Å². The number of aromatic nitrogens is 4. The van der Waals surface area contributed by atoms with Crippen LogP contribution in [-0.4, -0.2) is 56.0 Å². The Kier molecular flexibility index (Phi) is 6.63. The van der Waals surface area contributed by atoms with Crippen LogP contribution in [0.2, 0.25) is 0 Å². The number of rotatable bonds is 7. The van der Waals surface area contributed by atoms with Gasteiger partial charge in [0.05, 0.1) is 0 Å². The minimum atomic E-state index is -0.236. The highest BCUT2D eigenvalue weighted by molar-refractivity contribution is 7.15. The molecule has 3 N–H and O–H groups in total. The number of hydrogen-bond acceptors (Lipinski definition) is 8. The second-order valence-corrected chi connectivity index (χ2v) is 9.67. The Morgan fingerprint density at radius 2 is 2.08 bits per heavy atom. The van der Waals surface area contributed by atoms with Gasteiger partial charge in [0.2, 0.25) is 5.91 Å². The molecule has 3 aromatic heterocycles. The van der Waals surface area contributed by atoms with Crippen LogP contribution in [0.1, 0.15) is 28.1 Å². The van der Waals surface area contributed by atoms with Crippen molar-refractivity contribution in [3.63, 3.8) is 0 Å². The van der Waals surface area contributed by atoms with E-state index in [1.54, 1.807) is 47.6 Å². The molecule has 11 heteroatoms. The molecule has 1 aliphatic heterocycles. The summed E-state index contributed by atoms with van der Waals surface area (Å²) in [5.74, 6) is 1.44. The second kappa shape index (κ2) is 10.2. The van der Waals surface area contributed by atoms with Crippen LogP contribution in [0.4, 0.5) is 10.9 Å². The fourth-order valence-electron chi connectivity index (χ4n) is 4.11. The number of pyridine rings is 1. The van der Waals surface area contributed by atoms with Gasteiger partial charge >= 0.3 is 0 Å². The molecule has 184 valence electrons. The summed E-state index contributed by atoms with van der Waals surface area (Å²) in [7, 11) is 0. The van der Waals surface area contributed by atoms with Crippen molar-refractivity contribution in [3.8, 4) is 11.5 Å². The molecule has 0 aliphatic carbocycles. The lowest BCUT2D eigenvalue weighted by atomic mass is 10.1. The Morgan fingerprint density at radius 3 is 2.83 bits per heavy atom. The van der Waals surface area contributed by atoms with Crippen molar-refractivity contribution in [3.05, 3.63) is 65.8 Å². The summed E-state index contributed by atoms with van der Waals surface area (Å²) in [5.41, 5.74) is 1.08. The molecule has 1 saturated heterocycles. The molecular weight excluding hydrogens is 478 g/mol. The van der Waals surface area contributed by atoms with E-state index in [9.17, 15) is 9.59 Å². The fraction of sp³-hybridized carbons (Fsp3) is 0.240. The van der Waals surface area contributed by atoms with Gasteiger partial charge in [-0.2, -0.15) is 5.10 Å². The number of aryl methyl sites for hydroxylation is 1. The number of carbonyl (C=O) groups excluding carboxylic acids is 2. The van der Waals surface area contributed by atoms with Crippen molar-refractivity contribution in [1.82, 2.24) is 25.1 Å². The van der Waals surface area contributed by atoms with Gasteiger partial charge in [-0.05, 0) is 50.1 Å². The van der Waals surface area contributed by atoms with Crippen LogP contribution >= 0.6 is 11.3 Å². The van der Waals surface area contributed by atoms with E-state index in [0.717, 1.165) is 24.3 Å². The number of fused-ring (bicyclic) bond motifs is 1. The number of nitrogens with zero attached hydrogens (tertiary/aromatic N) is 4. The quantitative estimate of drug-likeness (QED) is 0.320. The zero-order valence-electron chi connectivity index (χ0n) is 19.7.